The molecule has 0 radical (unpaired) electrons. The highest BCUT2D eigenvalue weighted by Crippen LogP contribution is 2.28. The lowest BCUT2D eigenvalue weighted by molar-refractivity contribution is -0.116. The van der Waals surface area contributed by atoms with E-state index in [0.29, 0.717) is 22.9 Å². The second kappa shape index (κ2) is 8.56. The summed E-state index contributed by atoms with van der Waals surface area (Å²) in [5, 5.41) is 10.8. The van der Waals surface area contributed by atoms with Crippen molar-refractivity contribution in [2.24, 2.45) is 0 Å². The predicted molar refractivity (Wildman–Crippen MR) is 118 cm³/mol. The maximum atomic E-state index is 12.5. The van der Waals surface area contributed by atoms with E-state index in [0.717, 1.165) is 48.7 Å². The zero-order valence-corrected chi connectivity index (χ0v) is 18.2. The molecular weight excluding hydrogens is 404 g/mol. The molecule has 4 rings (SSSR count). The van der Waals surface area contributed by atoms with Gasteiger partial charge in [-0.25, -0.2) is 4.98 Å². The molecule has 0 bridgehead atoms. The molecule has 9 heteroatoms. The van der Waals surface area contributed by atoms with Gasteiger partial charge < -0.3 is 5.32 Å². The van der Waals surface area contributed by atoms with Crippen LogP contribution in [0.15, 0.2) is 24.3 Å². The van der Waals surface area contributed by atoms with Gasteiger partial charge in [0, 0.05) is 42.9 Å². The summed E-state index contributed by atoms with van der Waals surface area (Å²) in [7, 11) is 0. The molecule has 0 spiro atoms. The zero-order valence-electron chi connectivity index (χ0n) is 16.6. The first-order chi connectivity index (χ1) is 14.0. The van der Waals surface area contributed by atoms with Gasteiger partial charge in [-0.2, -0.15) is 5.10 Å². The van der Waals surface area contributed by atoms with Crippen LogP contribution in [0.25, 0.3) is 11.4 Å². The Balaban J connectivity index is 1.42. The van der Waals surface area contributed by atoms with E-state index in [1.807, 2.05) is 29.7 Å². The van der Waals surface area contributed by atoms with E-state index in [1.54, 1.807) is 11.3 Å². The van der Waals surface area contributed by atoms with Crippen LogP contribution in [0.3, 0.4) is 0 Å². The largest absolute Gasteiger partial charge is 0.302 e. The first-order valence-corrected chi connectivity index (χ1v) is 11.0. The van der Waals surface area contributed by atoms with Crippen LogP contribution in [0.4, 0.5) is 5.13 Å². The third kappa shape index (κ3) is 4.47. The van der Waals surface area contributed by atoms with Crippen molar-refractivity contribution in [2.45, 2.75) is 39.8 Å². The van der Waals surface area contributed by atoms with E-state index < -0.39 is 0 Å². The molecule has 3 heterocycles. The zero-order chi connectivity index (χ0) is 20.4. The molecule has 2 N–H and O–H groups in total. The van der Waals surface area contributed by atoms with Gasteiger partial charge in [-0.3, -0.25) is 19.4 Å². The number of likely N-dealkylation sites (N-methyl/N-ethyl adjacent to an activating group) is 1. The molecule has 7 nitrogen and oxygen atoms in total. The first-order valence-electron chi connectivity index (χ1n) is 9.76. The molecule has 1 aliphatic heterocycles. The molecule has 0 atom stereocenters. The molecule has 2 aromatic heterocycles. The lowest BCUT2D eigenvalue weighted by Crippen LogP contribution is -2.29. The van der Waals surface area contributed by atoms with Crippen LogP contribution in [0.5, 0.6) is 0 Å². The normalized spacial score (nSPS) is 14.0. The van der Waals surface area contributed by atoms with Gasteiger partial charge in [-0.15, -0.1) is 11.3 Å². The number of benzene rings is 1. The van der Waals surface area contributed by atoms with Gasteiger partial charge in [0.2, 0.25) is 5.91 Å². The Bertz CT molecular complexity index is 1080. The average molecular weight is 429 g/mol. The first kappa shape index (κ1) is 19.9. The number of nitrogens with one attached hydrogen (secondary N) is 2. The fourth-order valence-electron chi connectivity index (χ4n) is 3.50. The van der Waals surface area contributed by atoms with E-state index >= 15 is 0 Å². The Labute approximate surface area is 178 Å². The lowest BCUT2D eigenvalue weighted by Gasteiger charge is -2.23. The van der Waals surface area contributed by atoms with E-state index in [-0.39, 0.29) is 5.91 Å². The fourth-order valence-corrected chi connectivity index (χ4v) is 4.79. The second-order valence-electron chi connectivity index (χ2n) is 7.18. The van der Waals surface area contributed by atoms with Crippen molar-refractivity contribution in [3.8, 4) is 11.4 Å². The Morgan fingerprint density at radius 1 is 1.41 bits per heavy atom. The van der Waals surface area contributed by atoms with Crippen molar-refractivity contribution in [1.29, 1.82) is 0 Å². The Kier molecular flexibility index (Phi) is 5.89. The second-order valence-corrected chi connectivity index (χ2v) is 8.65. The number of hydrogen-bond acceptors (Lipinski definition) is 6. The van der Waals surface area contributed by atoms with Gasteiger partial charge in [0.05, 0.1) is 5.69 Å². The number of rotatable bonds is 6. The average Bonchev–Trinajstić information content (AvgIpc) is 3.28. The lowest BCUT2D eigenvalue weighted by atomic mass is 10.1. The van der Waals surface area contributed by atoms with Crippen LogP contribution in [0.2, 0.25) is 0 Å². The number of thiazole rings is 1. The number of carbonyl (C=O) groups is 1. The quantitative estimate of drug-likeness (QED) is 0.584. The van der Waals surface area contributed by atoms with Crippen molar-refractivity contribution >= 4 is 34.6 Å². The molecule has 0 aliphatic carbocycles. The molecule has 1 amide bonds. The maximum absolute atomic E-state index is 12.5. The minimum atomic E-state index is -0.0678. The van der Waals surface area contributed by atoms with Gasteiger partial charge in [-0.05, 0) is 31.8 Å². The van der Waals surface area contributed by atoms with E-state index in [4.69, 9.17) is 12.2 Å². The summed E-state index contributed by atoms with van der Waals surface area (Å²) in [6.07, 6.45) is 1.25. The van der Waals surface area contributed by atoms with Crippen LogP contribution in [-0.2, 0) is 24.3 Å². The molecule has 1 aromatic carbocycles. The third-order valence-corrected chi connectivity index (χ3v) is 6.41. The highest BCUT2D eigenvalue weighted by molar-refractivity contribution is 7.71. The number of amides is 1. The fraction of sp³-hybridized carbons (Fsp3) is 0.400. The van der Waals surface area contributed by atoms with E-state index in [9.17, 15) is 4.79 Å². The van der Waals surface area contributed by atoms with Gasteiger partial charge >= 0.3 is 0 Å². The molecule has 0 saturated heterocycles. The summed E-state index contributed by atoms with van der Waals surface area (Å²) in [6, 6.07) is 8.08. The summed E-state index contributed by atoms with van der Waals surface area (Å²) in [4.78, 5) is 20.8. The topological polar surface area (TPSA) is 78.8 Å². The molecule has 0 fully saturated rings. The van der Waals surface area contributed by atoms with Crippen LogP contribution in [0, 0.1) is 11.7 Å². The number of nitrogens with zero attached hydrogens (tertiary/aromatic N) is 4. The van der Waals surface area contributed by atoms with Crippen molar-refractivity contribution in [2.75, 3.05) is 18.4 Å². The van der Waals surface area contributed by atoms with Crippen molar-refractivity contribution in [1.82, 2.24) is 24.6 Å². The summed E-state index contributed by atoms with van der Waals surface area (Å²) in [5.41, 5.74) is 3.25. The minimum absolute atomic E-state index is 0.0678. The summed E-state index contributed by atoms with van der Waals surface area (Å²) >= 11 is 6.95. The number of H-pyrrole nitrogens is 1. The standard InChI is InChI=1S/C20H24N6OS2/c1-3-25-9-7-15-16(12-25)29-19(21-15)22-17(27)8-10-26-18(23-24-20(26)28)14-6-4-5-13(2)11-14/h4-6,11H,3,7-10,12H2,1-2H3,(H,24,28)(H,21,22,27). The van der Waals surface area contributed by atoms with Crippen LogP contribution in [-0.4, -0.2) is 43.6 Å². The molecule has 0 saturated carbocycles. The van der Waals surface area contributed by atoms with E-state index in [2.05, 4.69) is 38.4 Å². The number of aryl methyl sites for hydroxylation is 1. The van der Waals surface area contributed by atoms with Gasteiger partial charge in [0.25, 0.3) is 0 Å². The predicted octanol–water partition coefficient (Wildman–Crippen LogP) is 3.78. The highest BCUT2D eigenvalue weighted by Gasteiger charge is 2.20. The van der Waals surface area contributed by atoms with Gasteiger partial charge in [0.1, 0.15) is 0 Å². The minimum Gasteiger partial charge on any atom is -0.302 e. The van der Waals surface area contributed by atoms with Crippen LogP contribution >= 0.6 is 23.6 Å². The van der Waals surface area contributed by atoms with Crippen molar-refractivity contribution < 1.29 is 4.79 Å². The Hall–Kier alpha value is -2.36. The van der Waals surface area contributed by atoms with Crippen molar-refractivity contribution in [3.63, 3.8) is 0 Å². The smallest absolute Gasteiger partial charge is 0.227 e. The Morgan fingerprint density at radius 2 is 2.28 bits per heavy atom. The number of fused-ring (bicyclic) bond motifs is 1. The summed E-state index contributed by atoms with van der Waals surface area (Å²) in [6.45, 7) is 7.65. The SMILES string of the molecule is CCN1CCc2nc(NC(=O)CCn3c(-c4cccc(C)c4)n[nH]c3=S)sc2C1. The Morgan fingerprint density at radius 3 is 3.07 bits per heavy atom. The monoisotopic (exact) mass is 428 g/mol. The summed E-state index contributed by atoms with van der Waals surface area (Å²) in [5.74, 6) is 0.678. The number of hydrogen-bond donors (Lipinski definition) is 2. The number of carbonyl (C=O) groups excluding carboxylic acids is 1. The summed E-state index contributed by atoms with van der Waals surface area (Å²) < 4.78 is 2.38. The van der Waals surface area contributed by atoms with Gasteiger partial charge in [-0.1, -0.05) is 30.7 Å². The van der Waals surface area contributed by atoms with Crippen LogP contribution < -0.4 is 5.32 Å². The number of aromatic amines is 1. The molecule has 152 valence electrons. The number of aromatic nitrogens is 4. The van der Waals surface area contributed by atoms with Crippen LogP contribution in [0.1, 0.15) is 29.5 Å². The number of anilines is 1. The van der Waals surface area contributed by atoms with E-state index in [1.165, 1.54) is 4.88 Å². The molecule has 29 heavy (non-hydrogen) atoms. The highest BCUT2D eigenvalue weighted by atomic mass is 32.1. The third-order valence-electron chi connectivity index (χ3n) is 5.10. The molecular formula is C20H24N6OS2. The van der Waals surface area contributed by atoms with Gasteiger partial charge in [0.15, 0.2) is 15.7 Å². The molecule has 0 unspecified atom stereocenters. The molecule has 3 aromatic rings. The maximum Gasteiger partial charge on any atom is 0.227 e. The molecule has 1 aliphatic rings. The van der Waals surface area contributed by atoms with Crippen molar-refractivity contribution in [3.05, 3.63) is 45.2 Å².